The number of Topliss-reactive ketones (excluding diaryl/α,β-unsaturated/α-hetero) is 2. The Kier molecular flexibility index (Phi) is 36.8. The number of fused-ring (bicyclic) bond motifs is 2. The minimum absolute atomic E-state index is 0. The minimum Gasteiger partial charge on any atom is -0.480 e. The fourth-order valence-corrected chi connectivity index (χ4v) is 14.9. The number of benzene rings is 2. The van der Waals surface area contributed by atoms with Gasteiger partial charge in [0.05, 0.1) is 56.3 Å². The van der Waals surface area contributed by atoms with Crippen molar-refractivity contribution < 1.29 is 81.8 Å². The highest BCUT2D eigenvalue weighted by molar-refractivity contribution is 8.04. The largest absolute Gasteiger partial charge is 0.480 e. The summed E-state index contributed by atoms with van der Waals surface area (Å²) < 4.78 is 27.0. The number of esters is 2. The molecule has 4 heterocycles. The average molecular weight is 1540 g/mol. The maximum absolute atomic E-state index is 13.6. The van der Waals surface area contributed by atoms with Gasteiger partial charge in [-0.3, -0.25) is 57.9 Å². The van der Waals surface area contributed by atoms with Crippen molar-refractivity contribution in [3.8, 4) is 0 Å². The zero-order valence-corrected chi connectivity index (χ0v) is 62.5. The molecule has 4 aromatic heterocycles. The first-order chi connectivity index (χ1) is 51.3. The number of anilines is 2. The number of nitrogen functional groups attached to an aromatic ring is 2. The van der Waals surface area contributed by atoms with Gasteiger partial charge in [-0.1, -0.05) is 65.3 Å². The Bertz CT molecular complexity index is 4080. The van der Waals surface area contributed by atoms with E-state index in [2.05, 4.69) is 65.0 Å². The van der Waals surface area contributed by atoms with Gasteiger partial charge < -0.3 is 76.6 Å². The van der Waals surface area contributed by atoms with Crippen LogP contribution in [-0.2, 0) is 87.7 Å². The van der Waals surface area contributed by atoms with E-state index >= 15 is 0 Å². The van der Waals surface area contributed by atoms with Crippen LogP contribution in [0.15, 0.2) is 70.5 Å². The maximum atomic E-state index is 13.6. The Morgan fingerprint density at radius 1 is 0.556 bits per heavy atom. The standard InChI is InChI=1S/C68H88N12O19S2.C6H12.CH4/c1-3-42(59(85)71-24-28-96-30-32-98-53(83)20-16-49(65(91)92)75-61(87)43-10-4-40(5-11-43)8-14-45-35-73-57-55(45)63(89)79-67(69)77-57)37-100-51-18-19-52(51)101-38-47(34-48(82)23-27-95-26-22-39(2)81)60(86)72-25-29-97-31-33-99-54(84)21-17-50(66(93)94)76-62(88)44-12-6-41(7-13-44)9-15-46-36-74-58-56(46)64(90)80-68(70)78-58;1-5-3-4-6(5)2;/h4-7,10-13,35-36,42,47,49-52H,3,8-9,14-34,37-38H2,1-2H3,(H,71,85)(H,72,86)(H,75,87)(H,76,88)(H,91,92)(H,93,94)(H4,69,73,77,79,89)(H4,70,74,78,80,90);5-6H,3-4H2,1-2H3;1H4/t42?,47?,49-,50-,51?,52?;;/m0../s1. The van der Waals surface area contributed by atoms with Gasteiger partial charge in [0.25, 0.3) is 22.9 Å². The lowest BCUT2D eigenvalue weighted by Gasteiger charge is -2.37. The van der Waals surface area contributed by atoms with Gasteiger partial charge in [-0.05, 0) is 123 Å². The van der Waals surface area contributed by atoms with Crippen LogP contribution in [0.3, 0.4) is 0 Å². The molecule has 0 spiro atoms. The van der Waals surface area contributed by atoms with Gasteiger partial charge >= 0.3 is 23.9 Å². The van der Waals surface area contributed by atoms with Crippen molar-refractivity contribution in [3.05, 3.63) is 115 Å². The second-order valence-corrected chi connectivity index (χ2v) is 29.2. The van der Waals surface area contributed by atoms with E-state index in [-0.39, 0.29) is 192 Å². The van der Waals surface area contributed by atoms with Crippen LogP contribution in [-0.4, -0.2) is 199 Å². The van der Waals surface area contributed by atoms with Crippen LogP contribution in [0.4, 0.5) is 11.9 Å². The summed E-state index contributed by atoms with van der Waals surface area (Å²) >= 11 is 3.29. The number of nitrogens with zero attached hydrogens (tertiary/aromatic N) is 2. The third-order valence-corrected chi connectivity index (χ3v) is 22.0. The van der Waals surface area contributed by atoms with Gasteiger partial charge in [0, 0.05) is 96.6 Å². The second-order valence-electron chi connectivity index (χ2n) is 26.6. The third kappa shape index (κ3) is 28.9. The summed E-state index contributed by atoms with van der Waals surface area (Å²) in [6.45, 7) is 8.53. The number of ether oxygens (including phenoxy) is 5. The first-order valence-corrected chi connectivity index (χ1v) is 38.3. The van der Waals surface area contributed by atoms with E-state index in [0.29, 0.717) is 65.7 Å². The fourth-order valence-electron chi connectivity index (χ4n) is 11.5. The number of hydrogen-bond acceptors (Lipinski definition) is 23. The third-order valence-electron chi connectivity index (χ3n) is 18.7. The molecule has 0 aliphatic heterocycles. The van der Waals surface area contributed by atoms with Crippen LogP contribution < -0.4 is 43.9 Å². The highest BCUT2D eigenvalue weighted by Gasteiger charge is 2.35. The number of thioether (sulfide) groups is 2. The molecular formula is C75H104N12O19S2. The molecule has 2 aliphatic rings. The molecule has 31 nitrogen and oxygen atoms in total. The number of aromatic nitrogens is 6. The van der Waals surface area contributed by atoms with E-state index in [1.54, 1.807) is 84.4 Å². The maximum Gasteiger partial charge on any atom is 0.326 e. The van der Waals surface area contributed by atoms with E-state index < -0.39 is 53.7 Å². The van der Waals surface area contributed by atoms with Crippen molar-refractivity contribution in [1.82, 2.24) is 51.2 Å². The number of aryl methyl sites for hydroxylation is 4. The van der Waals surface area contributed by atoms with Crippen LogP contribution in [0.2, 0.25) is 0 Å². The van der Waals surface area contributed by atoms with Crippen LogP contribution in [0.1, 0.15) is 155 Å². The number of rotatable bonds is 47. The van der Waals surface area contributed by atoms with Crippen molar-refractivity contribution in [3.63, 3.8) is 0 Å². The highest BCUT2D eigenvalue weighted by Crippen LogP contribution is 2.42. The monoisotopic (exact) mass is 1540 g/mol. The molecule has 6 unspecified atom stereocenters. The average Bonchev–Trinajstić information content (AvgIpc) is 1.65. The summed E-state index contributed by atoms with van der Waals surface area (Å²) in [4.78, 5) is 170. The molecule has 2 fully saturated rings. The molecule has 590 valence electrons. The number of aromatic amines is 4. The lowest BCUT2D eigenvalue weighted by atomic mass is 9.77. The fraction of sp³-hybridized carbons (Fsp3) is 0.547. The molecule has 0 radical (unpaired) electrons. The van der Waals surface area contributed by atoms with Crippen molar-refractivity contribution in [2.45, 2.75) is 160 Å². The van der Waals surface area contributed by atoms with E-state index in [1.807, 2.05) is 6.92 Å². The smallest absolute Gasteiger partial charge is 0.326 e. The summed E-state index contributed by atoms with van der Waals surface area (Å²) in [5, 5.41) is 31.4. The highest BCUT2D eigenvalue weighted by atomic mass is 32.2. The number of carbonyl (C=O) groups excluding carboxylic acids is 8. The predicted molar refractivity (Wildman–Crippen MR) is 409 cm³/mol. The van der Waals surface area contributed by atoms with Gasteiger partial charge in [0.2, 0.25) is 23.7 Å². The van der Waals surface area contributed by atoms with Crippen LogP contribution >= 0.6 is 23.5 Å². The number of carbonyl (C=O) groups is 10. The normalized spacial score (nSPS) is 16.1. The van der Waals surface area contributed by atoms with E-state index in [0.717, 1.165) is 46.9 Å². The van der Waals surface area contributed by atoms with Crippen molar-refractivity contribution in [2.24, 2.45) is 23.7 Å². The summed E-state index contributed by atoms with van der Waals surface area (Å²) in [7, 11) is 0. The molecular weight excluding hydrogens is 1440 g/mol. The Hall–Kier alpha value is -9.44. The van der Waals surface area contributed by atoms with Crippen LogP contribution in [0.5, 0.6) is 0 Å². The van der Waals surface area contributed by atoms with Gasteiger partial charge in [-0.15, -0.1) is 0 Å². The molecule has 6 aromatic rings. The Morgan fingerprint density at radius 3 is 1.37 bits per heavy atom. The molecule has 14 N–H and O–H groups in total. The number of aliphatic carboxylic acids is 2. The molecule has 4 amide bonds. The lowest BCUT2D eigenvalue weighted by Crippen LogP contribution is -2.41. The van der Waals surface area contributed by atoms with Crippen LogP contribution in [0, 0.1) is 23.7 Å². The van der Waals surface area contributed by atoms with E-state index in [4.69, 9.17) is 35.2 Å². The van der Waals surface area contributed by atoms with E-state index in [9.17, 15) is 67.7 Å². The molecule has 2 aliphatic carbocycles. The Balaban J connectivity index is 0.00000248. The van der Waals surface area contributed by atoms with Crippen molar-refractivity contribution in [2.75, 3.05) is 88.9 Å². The molecule has 8 atom stereocenters. The number of carboxylic acid groups (broad SMARTS) is 2. The first-order valence-electron chi connectivity index (χ1n) is 36.2. The van der Waals surface area contributed by atoms with Gasteiger partial charge in [-0.2, -0.15) is 33.5 Å². The lowest BCUT2D eigenvalue weighted by molar-refractivity contribution is -0.147. The quantitative estimate of drug-likeness (QED) is 0.0149. The minimum atomic E-state index is -1.39. The number of amides is 4. The van der Waals surface area contributed by atoms with E-state index in [1.165, 1.54) is 19.8 Å². The molecule has 0 bridgehead atoms. The molecule has 2 aromatic carbocycles. The second kappa shape index (κ2) is 45.4. The van der Waals surface area contributed by atoms with Crippen molar-refractivity contribution >= 4 is 117 Å². The summed E-state index contributed by atoms with van der Waals surface area (Å²) in [6.07, 6.45) is 9.98. The Labute approximate surface area is 634 Å². The number of ketones is 2. The van der Waals surface area contributed by atoms with Gasteiger partial charge in [0.1, 0.15) is 48.2 Å². The SMILES string of the molecule is C.CC1CCC1C.CCC(CSC1CCC1SCC(CC(=O)CCOCCC(C)=O)C(=O)NCCOCCOC(=O)CC[C@H](NC(=O)c1ccc(CCc2c[nH]c3nc(N)[nH]c(=O)c23)cc1)C(=O)O)C(=O)NCCOCCOC(=O)CC[C@H](NC(=O)c1ccc(CCc2c[nH]c3nc(N)[nH]c(=O)c23)cc1)C(=O)O. The van der Waals surface area contributed by atoms with Gasteiger partial charge in [-0.25, -0.2) is 9.59 Å². The molecule has 33 heteroatoms. The number of carboxylic acids is 2. The summed E-state index contributed by atoms with van der Waals surface area (Å²) in [6, 6.07) is 10.4. The van der Waals surface area contributed by atoms with Crippen molar-refractivity contribution in [1.29, 1.82) is 0 Å². The molecule has 2 saturated carbocycles. The zero-order valence-electron chi connectivity index (χ0n) is 60.9. The molecule has 108 heavy (non-hydrogen) atoms. The first kappa shape index (κ1) is 87.5. The molecule has 0 saturated heterocycles. The van der Waals surface area contributed by atoms with Crippen LogP contribution in [0.25, 0.3) is 22.1 Å². The molecule has 8 rings (SSSR count). The number of nitrogens with one attached hydrogen (secondary N) is 8. The van der Waals surface area contributed by atoms with Gasteiger partial charge in [0.15, 0.2) is 0 Å². The number of nitrogens with two attached hydrogens (primary N) is 2. The zero-order chi connectivity index (χ0) is 77.4. The summed E-state index contributed by atoms with van der Waals surface area (Å²) in [5.74, 6) is -4.02. The summed E-state index contributed by atoms with van der Waals surface area (Å²) in [5.41, 5.74) is 15.0. The topological polar surface area (TPSA) is 481 Å². The predicted octanol–water partition coefficient (Wildman–Crippen LogP) is 6.20. The number of hydrogen-bond donors (Lipinski definition) is 12. The Morgan fingerprint density at radius 2 is 0.972 bits per heavy atom. The number of H-pyrrole nitrogens is 4.